The highest BCUT2D eigenvalue weighted by molar-refractivity contribution is 6.17. The van der Waals surface area contributed by atoms with E-state index in [1.165, 1.54) is 5.56 Å². The van der Waals surface area contributed by atoms with Gasteiger partial charge in [0.05, 0.1) is 41.3 Å². The van der Waals surface area contributed by atoms with Crippen LogP contribution < -0.4 is 4.57 Å². The van der Waals surface area contributed by atoms with Crippen LogP contribution in [-0.2, 0) is 12.5 Å². The van der Waals surface area contributed by atoms with E-state index in [-0.39, 0.29) is 5.41 Å². The quantitative estimate of drug-likeness (QED) is 0.169. The summed E-state index contributed by atoms with van der Waals surface area (Å²) in [6.07, 6.45) is 5.65. The number of fused-ring (bicyclic) bond motifs is 6. The number of benzene rings is 4. The Labute approximate surface area is 232 Å². The molecule has 0 aliphatic rings. The van der Waals surface area contributed by atoms with Gasteiger partial charge in [0, 0.05) is 21.5 Å². The summed E-state index contributed by atoms with van der Waals surface area (Å²) < 4.78 is 11.3. The van der Waals surface area contributed by atoms with Crippen molar-refractivity contribution in [2.45, 2.75) is 33.1 Å². The van der Waals surface area contributed by atoms with Crippen molar-refractivity contribution in [3.05, 3.63) is 108 Å². The molecule has 0 atom stereocenters. The highest BCUT2D eigenvalue weighted by Gasteiger charge is 2.29. The molecule has 0 amide bonds. The zero-order valence-electron chi connectivity index (χ0n) is 23.3. The number of rotatable bonds is 2. The SMILES string of the molecule is [C-]#[N+]c1ccc2c(oc3c(-c4cncc[n+]4C)c(C)cc(C(C)(C)C)c32)c1-n1c2ccccc2c2ccccc21. The Balaban J connectivity index is 1.73. The van der Waals surface area contributed by atoms with E-state index in [2.05, 4.69) is 107 Å². The molecule has 0 fully saturated rings. The second-order valence-electron chi connectivity index (χ2n) is 11.5. The van der Waals surface area contributed by atoms with Gasteiger partial charge in [-0.05, 0) is 35.6 Å². The molecular formula is C35H29N4O+. The molecule has 7 aromatic rings. The number of hydrogen-bond acceptors (Lipinski definition) is 2. The highest BCUT2D eigenvalue weighted by atomic mass is 16.3. The van der Waals surface area contributed by atoms with Crippen molar-refractivity contribution >= 4 is 49.4 Å². The Morgan fingerprint density at radius 2 is 1.57 bits per heavy atom. The minimum Gasteiger partial charge on any atom is -0.454 e. The van der Waals surface area contributed by atoms with Gasteiger partial charge in [0.1, 0.15) is 18.2 Å². The topological polar surface area (TPSA) is 39.2 Å². The Kier molecular flexibility index (Phi) is 5.14. The number of nitrogens with zero attached hydrogens (tertiary/aromatic N) is 4. The first-order valence-electron chi connectivity index (χ1n) is 13.5. The van der Waals surface area contributed by atoms with Crippen LogP contribution in [0.2, 0.25) is 0 Å². The number of furan rings is 1. The Morgan fingerprint density at radius 1 is 0.900 bits per heavy atom. The van der Waals surface area contributed by atoms with Crippen LogP contribution in [0.1, 0.15) is 31.9 Å². The summed E-state index contributed by atoms with van der Waals surface area (Å²) in [5.74, 6) is 0. The predicted octanol–water partition coefficient (Wildman–Crippen LogP) is 8.73. The first-order valence-corrected chi connectivity index (χ1v) is 13.5. The van der Waals surface area contributed by atoms with Gasteiger partial charge < -0.3 is 8.98 Å². The van der Waals surface area contributed by atoms with Gasteiger partial charge in [-0.1, -0.05) is 75.4 Å². The van der Waals surface area contributed by atoms with Gasteiger partial charge in [0.2, 0.25) is 11.4 Å². The fourth-order valence-corrected chi connectivity index (χ4v) is 6.16. The molecule has 0 N–H and O–H groups in total. The maximum absolute atomic E-state index is 8.15. The minimum absolute atomic E-state index is 0.124. The lowest BCUT2D eigenvalue weighted by molar-refractivity contribution is -0.660. The van der Waals surface area contributed by atoms with E-state index in [0.717, 1.165) is 66.3 Å². The molecule has 3 heterocycles. The average molecular weight is 522 g/mol. The third kappa shape index (κ3) is 3.32. The molecule has 0 radical (unpaired) electrons. The van der Waals surface area contributed by atoms with Crippen LogP contribution in [0, 0.1) is 13.5 Å². The first kappa shape index (κ1) is 24.1. The van der Waals surface area contributed by atoms with Crippen LogP contribution in [0.5, 0.6) is 0 Å². The Bertz CT molecular complexity index is 2130. The Hall–Kier alpha value is -4.95. The predicted molar refractivity (Wildman–Crippen MR) is 162 cm³/mol. The first-order chi connectivity index (χ1) is 19.3. The Morgan fingerprint density at radius 3 is 2.20 bits per heavy atom. The van der Waals surface area contributed by atoms with Crippen LogP contribution in [-0.4, -0.2) is 9.55 Å². The summed E-state index contributed by atoms with van der Waals surface area (Å²) in [6.45, 7) is 17.0. The molecule has 0 saturated carbocycles. The molecule has 0 spiro atoms. The number of aryl methyl sites for hydroxylation is 2. The van der Waals surface area contributed by atoms with E-state index < -0.39 is 0 Å². The molecule has 5 nitrogen and oxygen atoms in total. The lowest BCUT2D eigenvalue weighted by atomic mass is 9.81. The van der Waals surface area contributed by atoms with Gasteiger partial charge in [0.25, 0.3) is 0 Å². The summed E-state index contributed by atoms with van der Waals surface area (Å²) in [5.41, 5.74) is 9.20. The second kappa shape index (κ2) is 8.53. The van der Waals surface area contributed by atoms with E-state index in [1.54, 1.807) is 6.20 Å². The highest BCUT2D eigenvalue weighted by Crippen LogP contribution is 2.47. The largest absolute Gasteiger partial charge is 0.454 e. The standard InChI is InChI=1S/C35H29N4O/c1-21-19-25(35(2,3)4)31-24-15-16-26(36-5)32(33(24)40-34(31)30(21)29-20-37-17-18-38(29)6)39-27-13-9-7-11-22(27)23-12-8-10-14-28(23)39/h7-20H,1-4,6H3/q+1. The van der Waals surface area contributed by atoms with E-state index >= 15 is 0 Å². The van der Waals surface area contributed by atoms with Gasteiger partial charge in [0.15, 0.2) is 6.20 Å². The molecule has 5 heteroatoms. The van der Waals surface area contributed by atoms with E-state index in [1.807, 2.05) is 25.5 Å². The van der Waals surface area contributed by atoms with E-state index in [0.29, 0.717) is 5.69 Å². The smallest absolute Gasteiger partial charge is 0.234 e. The summed E-state index contributed by atoms with van der Waals surface area (Å²) in [6, 6.07) is 23.1. The summed E-state index contributed by atoms with van der Waals surface area (Å²) >= 11 is 0. The van der Waals surface area contributed by atoms with Crippen LogP contribution in [0.15, 0.2) is 89.7 Å². The molecule has 0 saturated heterocycles. The molecule has 194 valence electrons. The van der Waals surface area contributed by atoms with Crippen molar-refractivity contribution in [2.75, 3.05) is 0 Å². The van der Waals surface area contributed by atoms with Crippen molar-refractivity contribution in [2.24, 2.45) is 7.05 Å². The van der Waals surface area contributed by atoms with Crippen molar-refractivity contribution < 1.29 is 8.98 Å². The molecule has 0 aliphatic heterocycles. The van der Waals surface area contributed by atoms with Gasteiger partial charge >= 0.3 is 0 Å². The lowest BCUT2D eigenvalue weighted by Gasteiger charge is -2.22. The third-order valence-electron chi connectivity index (χ3n) is 8.00. The molecular weight excluding hydrogens is 492 g/mol. The minimum atomic E-state index is -0.124. The van der Waals surface area contributed by atoms with Crippen LogP contribution in [0.25, 0.3) is 65.5 Å². The van der Waals surface area contributed by atoms with Crippen molar-refractivity contribution in [1.29, 1.82) is 0 Å². The summed E-state index contributed by atoms with van der Waals surface area (Å²) in [5, 5.41) is 4.40. The second-order valence-corrected chi connectivity index (χ2v) is 11.5. The molecule has 0 unspecified atom stereocenters. The number of aromatic nitrogens is 3. The fraction of sp³-hybridized carbons (Fsp3) is 0.171. The number of para-hydroxylation sites is 2. The number of hydrogen-bond donors (Lipinski definition) is 0. The third-order valence-corrected chi connectivity index (χ3v) is 8.00. The average Bonchev–Trinajstić information content (AvgIpc) is 3.48. The van der Waals surface area contributed by atoms with Crippen molar-refractivity contribution in [1.82, 2.24) is 9.55 Å². The van der Waals surface area contributed by atoms with Gasteiger partial charge in [-0.2, -0.15) is 4.57 Å². The maximum atomic E-state index is 8.15. The van der Waals surface area contributed by atoms with Crippen LogP contribution in [0.3, 0.4) is 0 Å². The molecule has 0 aliphatic carbocycles. The normalized spacial score (nSPS) is 12.1. The zero-order valence-corrected chi connectivity index (χ0v) is 23.3. The molecule has 3 aromatic heterocycles. The van der Waals surface area contributed by atoms with Gasteiger partial charge in [-0.3, -0.25) is 4.98 Å². The maximum Gasteiger partial charge on any atom is 0.234 e. The van der Waals surface area contributed by atoms with Gasteiger partial charge in [-0.25, -0.2) is 4.85 Å². The monoisotopic (exact) mass is 521 g/mol. The molecule has 4 aromatic carbocycles. The van der Waals surface area contributed by atoms with Crippen molar-refractivity contribution in [3.63, 3.8) is 0 Å². The summed E-state index contributed by atoms with van der Waals surface area (Å²) in [4.78, 5) is 8.44. The molecule has 40 heavy (non-hydrogen) atoms. The van der Waals surface area contributed by atoms with Crippen LogP contribution in [0.4, 0.5) is 5.69 Å². The van der Waals surface area contributed by atoms with Crippen molar-refractivity contribution in [3.8, 4) is 16.9 Å². The van der Waals surface area contributed by atoms with E-state index in [9.17, 15) is 0 Å². The van der Waals surface area contributed by atoms with Gasteiger partial charge in [-0.15, -0.1) is 0 Å². The zero-order chi connectivity index (χ0) is 27.8. The molecule has 7 rings (SSSR count). The van der Waals surface area contributed by atoms with E-state index in [4.69, 9.17) is 11.0 Å². The molecule has 0 bridgehead atoms. The fourth-order valence-electron chi connectivity index (χ4n) is 6.16. The summed E-state index contributed by atoms with van der Waals surface area (Å²) in [7, 11) is 2.03. The lowest BCUT2D eigenvalue weighted by Crippen LogP contribution is -2.30. The van der Waals surface area contributed by atoms with Crippen LogP contribution >= 0.6 is 0 Å².